The van der Waals surface area contributed by atoms with Crippen molar-refractivity contribution in [1.82, 2.24) is 0 Å². The number of benzene rings is 1. The number of rotatable bonds is 3. The Bertz CT molecular complexity index is 686. The number of fused-ring (bicyclic) bond motifs is 1. The van der Waals surface area contributed by atoms with Gasteiger partial charge in [-0.05, 0) is 0 Å². The summed E-state index contributed by atoms with van der Waals surface area (Å²) in [6.07, 6.45) is 0. The maximum absolute atomic E-state index is 11.7. The van der Waals surface area contributed by atoms with Crippen LogP contribution in [-0.2, 0) is 9.30 Å². The van der Waals surface area contributed by atoms with Crippen LogP contribution in [0.3, 0.4) is 0 Å². The van der Waals surface area contributed by atoms with E-state index in [9.17, 15) is 9.36 Å². The van der Waals surface area contributed by atoms with E-state index in [1.165, 1.54) is 11.3 Å². The van der Waals surface area contributed by atoms with Gasteiger partial charge < -0.3 is 0 Å². The van der Waals surface area contributed by atoms with Crippen molar-refractivity contribution in [3.05, 3.63) is 29.1 Å². The molecule has 4 nitrogen and oxygen atoms in total. The predicted octanol–water partition coefficient (Wildman–Crippen LogP) is 3.32. The van der Waals surface area contributed by atoms with Gasteiger partial charge in [0.25, 0.3) is 0 Å². The Labute approximate surface area is 109 Å². The van der Waals surface area contributed by atoms with Crippen LogP contribution in [0.1, 0.15) is 9.67 Å². The molecule has 1 aromatic heterocycles. The monoisotopic (exact) mass is 280 g/mol. The molecule has 2 rings (SSSR count). The number of carbonyl (C=O) groups excluding carboxylic acids is 1. The van der Waals surface area contributed by atoms with E-state index in [0.717, 1.165) is 15.8 Å². The van der Waals surface area contributed by atoms with E-state index in [-0.39, 0.29) is 14.5 Å². The molecule has 0 bridgehead atoms. The number of ether oxygens (including phenoxy) is 2. The first-order chi connectivity index (χ1) is 8.74. The van der Waals surface area contributed by atoms with E-state index in [4.69, 9.17) is 9.47 Å². The first-order valence-electron chi connectivity index (χ1n) is 5.04. The second-order valence-electron chi connectivity index (χ2n) is 3.34. The summed E-state index contributed by atoms with van der Waals surface area (Å²) in [5, 5.41) is 0.961. The fourth-order valence-electron chi connectivity index (χ4n) is 1.43. The Hall–Kier alpha value is -1.54. The Morgan fingerprint density at radius 2 is 2.28 bits per heavy atom. The first kappa shape index (κ1) is 12.9. The van der Waals surface area contributed by atoms with Crippen molar-refractivity contribution in [3.8, 4) is 11.4 Å². The zero-order chi connectivity index (χ0) is 13.0. The van der Waals surface area contributed by atoms with E-state index in [2.05, 4.69) is 5.63 Å². The molecule has 0 saturated carbocycles. The molecule has 6 heteroatoms. The average molecular weight is 280 g/mol. The van der Waals surface area contributed by atoms with Gasteiger partial charge in [-0.1, -0.05) is 0 Å². The van der Waals surface area contributed by atoms with Crippen LogP contribution >= 0.6 is 19.3 Å². The third-order valence-electron chi connectivity index (χ3n) is 2.26. The average Bonchev–Trinajstić information content (AvgIpc) is 2.81. The predicted molar refractivity (Wildman–Crippen MR) is 70.2 cm³/mol. The van der Waals surface area contributed by atoms with Gasteiger partial charge in [-0.15, -0.1) is 0 Å². The number of carbonyl (C=O) groups is 1. The van der Waals surface area contributed by atoms with E-state index in [0.29, 0.717) is 4.88 Å². The molecule has 0 radical (unpaired) electrons. The molecule has 0 atom stereocenters. The van der Waals surface area contributed by atoms with Crippen LogP contribution in [0.5, 0.6) is 5.75 Å². The molecule has 0 aliphatic heterocycles. The van der Waals surface area contributed by atoms with E-state index >= 15 is 0 Å². The Morgan fingerprint density at radius 1 is 1.44 bits per heavy atom. The summed E-state index contributed by atoms with van der Waals surface area (Å²) in [5.41, 5.74) is 2.36. The summed E-state index contributed by atoms with van der Waals surface area (Å²) >= 11 is 1.33. The van der Waals surface area contributed by atoms with Gasteiger partial charge >= 0.3 is 108 Å². The zero-order valence-corrected chi connectivity index (χ0v) is 11.2. The second-order valence-corrected chi connectivity index (χ2v) is 4.92. The van der Waals surface area contributed by atoms with Gasteiger partial charge in [-0.2, -0.15) is 0 Å². The van der Waals surface area contributed by atoms with Crippen LogP contribution in [-0.4, -0.2) is 19.7 Å². The Balaban J connectivity index is 2.25. The maximum atomic E-state index is 11.7. The molecule has 1 heterocycles. The van der Waals surface area contributed by atoms with Crippen molar-refractivity contribution >= 4 is 35.3 Å². The van der Waals surface area contributed by atoms with Gasteiger partial charge in [0.15, 0.2) is 0 Å². The molecular weight excluding hydrogens is 271 g/mol. The number of methoxy groups -OCH3 is 1. The van der Waals surface area contributed by atoms with Crippen LogP contribution in [0.25, 0.3) is 10.1 Å². The summed E-state index contributed by atoms with van der Waals surface area (Å²) in [4.78, 5) is 12.2. The fourth-order valence-corrected chi connectivity index (χ4v) is 2.54. The summed E-state index contributed by atoms with van der Waals surface area (Å²) in [6, 6.07) is 7.35. The number of esters is 1. The van der Waals surface area contributed by atoms with Gasteiger partial charge in [0.2, 0.25) is 0 Å². The molecule has 18 heavy (non-hydrogen) atoms. The van der Waals surface area contributed by atoms with Gasteiger partial charge in [0, 0.05) is 0 Å². The van der Waals surface area contributed by atoms with Crippen LogP contribution < -0.4 is 4.74 Å². The van der Waals surface area contributed by atoms with Gasteiger partial charge in [0.05, 0.1) is 0 Å². The van der Waals surface area contributed by atoms with Crippen molar-refractivity contribution in [2.24, 2.45) is 0 Å². The quantitative estimate of drug-likeness (QED) is 0.639. The standard InChI is InChI=1S/C12H9O4PS/c1-15-9-3-2-8-6-11(18-10(8)7-9)12(13)16-4-5-17-14/h2-3,6-7H,4H2,1H3. The second kappa shape index (κ2) is 5.87. The molecule has 0 aliphatic carbocycles. The number of thiophene rings is 1. The van der Waals surface area contributed by atoms with E-state index in [1.807, 2.05) is 18.2 Å². The van der Waals surface area contributed by atoms with Gasteiger partial charge in [-0.3, -0.25) is 0 Å². The molecule has 0 spiro atoms. The van der Waals surface area contributed by atoms with Crippen molar-refractivity contribution < 1.29 is 18.8 Å². The van der Waals surface area contributed by atoms with Crippen LogP contribution in [0.2, 0.25) is 0 Å². The topological polar surface area (TPSA) is 52.6 Å². The SMILES string of the molecule is COc1ccc2cc(C(=O)OCC#P=O)sc2c1. The van der Waals surface area contributed by atoms with E-state index in [1.54, 1.807) is 13.2 Å². The summed E-state index contributed by atoms with van der Waals surface area (Å²) < 4.78 is 21.1. The van der Waals surface area contributed by atoms with Crippen molar-refractivity contribution in [2.45, 2.75) is 0 Å². The molecule has 92 valence electrons. The first-order valence-corrected chi connectivity index (χ1v) is 6.67. The number of hydrogen-bond acceptors (Lipinski definition) is 5. The van der Waals surface area contributed by atoms with Crippen molar-refractivity contribution in [2.75, 3.05) is 13.7 Å². The molecule has 0 aliphatic rings. The van der Waals surface area contributed by atoms with Crippen LogP contribution in [0, 0.1) is 5.63 Å². The summed E-state index contributed by atoms with van der Waals surface area (Å²) in [6.45, 7) is -0.0819. The summed E-state index contributed by atoms with van der Waals surface area (Å²) in [7, 11) is 1.33. The molecule has 2 aromatic rings. The molecular formula is C12H9O4PS. The van der Waals surface area contributed by atoms with Crippen LogP contribution in [0.15, 0.2) is 24.3 Å². The fraction of sp³-hybridized carbons (Fsp3) is 0.167. The van der Waals surface area contributed by atoms with Crippen LogP contribution in [0.4, 0.5) is 0 Å². The van der Waals surface area contributed by atoms with E-state index < -0.39 is 5.97 Å². The third-order valence-corrected chi connectivity index (χ3v) is 3.60. The third kappa shape index (κ3) is 2.82. The van der Waals surface area contributed by atoms with Gasteiger partial charge in [-0.25, -0.2) is 0 Å². The molecule has 0 saturated heterocycles. The molecule has 0 amide bonds. The minimum absolute atomic E-state index is 0.0819. The van der Waals surface area contributed by atoms with Crippen molar-refractivity contribution in [3.63, 3.8) is 0 Å². The Morgan fingerprint density at radius 3 is 3.00 bits per heavy atom. The molecule has 0 N–H and O–H groups in total. The number of hydrogen-bond donors (Lipinski definition) is 0. The molecule has 1 aromatic carbocycles. The summed E-state index contributed by atoms with van der Waals surface area (Å²) in [5.74, 6) is 0.308. The van der Waals surface area contributed by atoms with Gasteiger partial charge in [0.1, 0.15) is 0 Å². The minimum atomic E-state index is -0.439. The zero-order valence-electron chi connectivity index (χ0n) is 9.50. The Kier molecular flexibility index (Phi) is 4.21. The molecule has 0 fully saturated rings. The molecule has 0 unspecified atom stereocenters. The van der Waals surface area contributed by atoms with Crippen molar-refractivity contribution in [1.29, 1.82) is 0 Å². The normalized spacial score (nSPS) is 9.83.